The summed E-state index contributed by atoms with van der Waals surface area (Å²) in [5, 5.41) is 12.4. The molecule has 0 bridgehead atoms. The van der Waals surface area contributed by atoms with Crippen molar-refractivity contribution in [2.24, 2.45) is 0 Å². The molecule has 1 aliphatic heterocycles. The molecule has 4 heteroatoms. The van der Waals surface area contributed by atoms with Gasteiger partial charge in [0.2, 0.25) is 0 Å². The highest BCUT2D eigenvalue weighted by molar-refractivity contribution is 5.97. The van der Waals surface area contributed by atoms with Crippen molar-refractivity contribution >= 4 is 5.91 Å². The number of aryl methyl sites for hydroxylation is 1. The van der Waals surface area contributed by atoms with Crippen molar-refractivity contribution in [2.75, 3.05) is 0 Å². The van der Waals surface area contributed by atoms with Gasteiger partial charge in [0.15, 0.2) is 0 Å². The highest BCUT2D eigenvalue weighted by Crippen LogP contribution is 2.23. The maximum atomic E-state index is 12.5. The van der Waals surface area contributed by atoms with Gasteiger partial charge in [-0.15, -0.1) is 0 Å². The Bertz CT molecular complexity index is 647. The van der Waals surface area contributed by atoms with Gasteiger partial charge in [-0.25, -0.2) is 0 Å². The number of amides is 1. The number of carbonyl (C=O) groups excluding carboxylic acids is 1. The van der Waals surface area contributed by atoms with E-state index in [4.69, 9.17) is 0 Å². The van der Waals surface area contributed by atoms with Gasteiger partial charge in [0.1, 0.15) is 11.6 Å². The van der Waals surface area contributed by atoms with Gasteiger partial charge in [-0.3, -0.25) is 4.79 Å². The summed E-state index contributed by atoms with van der Waals surface area (Å²) in [4.78, 5) is 14.7. The lowest BCUT2D eigenvalue weighted by Gasteiger charge is -2.38. The minimum absolute atomic E-state index is 0.133. The van der Waals surface area contributed by atoms with Crippen molar-refractivity contribution in [3.05, 3.63) is 47.2 Å². The molecule has 0 aromatic heterocycles. The lowest BCUT2D eigenvalue weighted by molar-refractivity contribution is -0.117. The SMILES string of the molecule is CCc1ccc(C(C)NC(=O)/C(C#N)=C\N2C(C)CCCC2C)cc1. The van der Waals surface area contributed by atoms with E-state index >= 15 is 0 Å². The summed E-state index contributed by atoms with van der Waals surface area (Å²) in [7, 11) is 0. The molecule has 3 unspecified atom stereocenters. The van der Waals surface area contributed by atoms with Crippen molar-refractivity contribution in [3.63, 3.8) is 0 Å². The summed E-state index contributed by atoms with van der Waals surface area (Å²) in [6, 6.07) is 10.9. The molecule has 4 nitrogen and oxygen atoms in total. The zero-order valence-electron chi connectivity index (χ0n) is 15.7. The summed E-state index contributed by atoms with van der Waals surface area (Å²) >= 11 is 0. The van der Waals surface area contributed by atoms with E-state index in [0.29, 0.717) is 12.1 Å². The van der Waals surface area contributed by atoms with Gasteiger partial charge < -0.3 is 10.2 Å². The predicted molar refractivity (Wildman–Crippen MR) is 101 cm³/mol. The van der Waals surface area contributed by atoms with E-state index in [9.17, 15) is 10.1 Å². The van der Waals surface area contributed by atoms with E-state index in [1.54, 1.807) is 6.20 Å². The van der Waals surface area contributed by atoms with Crippen LogP contribution in [0.1, 0.15) is 64.1 Å². The van der Waals surface area contributed by atoms with E-state index < -0.39 is 0 Å². The number of benzene rings is 1. The molecule has 0 aliphatic carbocycles. The number of hydrogen-bond acceptors (Lipinski definition) is 3. The molecule has 3 atom stereocenters. The third-order valence-electron chi connectivity index (χ3n) is 5.14. The van der Waals surface area contributed by atoms with Crippen LogP contribution in [0.5, 0.6) is 0 Å². The number of likely N-dealkylation sites (tertiary alicyclic amines) is 1. The summed E-state index contributed by atoms with van der Waals surface area (Å²) in [5.41, 5.74) is 2.49. The maximum Gasteiger partial charge on any atom is 0.263 e. The first kappa shape index (κ1) is 19.1. The standard InChI is InChI=1S/C21H29N3O/c1-5-18-9-11-19(12-10-18)17(4)23-21(25)20(13-22)14-24-15(2)7-6-8-16(24)3/h9-12,14-17H,5-8H2,1-4H3,(H,23,25)/b20-14-. The average Bonchev–Trinajstić information content (AvgIpc) is 2.61. The number of nitrogens with one attached hydrogen (secondary N) is 1. The minimum atomic E-state index is -0.306. The molecule has 1 aromatic rings. The van der Waals surface area contributed by atoms with Gasteiger partial charge >= 0.3 is 0 Å². The number of nitriles is 1. The van der Waals surface area contributed by atoms with Crippen molar-refractivity contribution < 1.29 is 4.79 Å². The summed E-state index contributed by atoms with van der Waals surface area (Å²) in [6.07, 6.45) is 6.14. The molecule has 134 valence electrons. The van der Waals surface area contributed by atoms with Crippen LogP contribution in [-0.2, 0) is 11.2 Å². The molecular formula is C21H29N3O. The van der Waals surface area contributed by atoms with Crippen molar-refractivity contribution in [1.82, 2.24) is 10.2 Å². The first-order valence-electron chi connectivity index (χ1n) is 9.25. The van der Waals surface area contributed by atoms with E-state index in [1.165, 1.54) is 12.0 Å². The lowest BCUT2D eigenvalue weighted by atomic mass is 9.98. The molecule has 0 radical (unpaired) electrons. The predicted octanol–water partition coefficient (Wildman–Crippen LogP) is 4.10. The van der Waals surface area contributed by atoms with Crippen molar-refractivity contribution in [1.29, 1.82) is 5.26 Å². The quantitative estimate of drug-likeness (QED) is 0.649. The number of hydrogen-bond donors (Lipinski definition) is 1. The number of carbonyl (C=O) groups is 1. The van der Waals surface area contributed by atoms with Crippen LogP contribution < -0.4 is 5.32 Å². The van der Waals surface area contributed by atoms with Crippen LogP contribution in [0.3, 0.4) is 0 Å². The van der Waals surface area contributed by atoms with E-state index in [2.05, 4.69) is 49.2 Å². The summed E-state index contributed by atoms with van der Waals surface area (Å²) < 4.78 is 0. The molecule has 2 rings (SSSR count). The summed E-state index contributed by atoms with van der Waals surface area (Å²) in [5.74, 6) is -0.306. The summed E-state index contributed by atoms with van der Waals surface area (Å²) in [6.45, 7) is 8.36. The Balaban J connectivity index is 2.08. The van der Waals surface area contributed by atoms with Crippen LogP contribution in [0.15, 0.2) is 36.0 Å². The average molecular weight is 339 g/mol. The van der Waals surface area contributed by atoms with Crippen LogP contribution in [0.2, 0.25) is 0 Å². The number of nitrogens with zero attached hydrogens (tertiary/aromatic N) is 2. The fourth-order valence-corrected chi connectivity index (χ4v) is 3.38. The molecule has 1 aliphatic rings. The lowest BCUT2D eigenvalue weighted by Crippen LogP contribution is -2.40. The second-order valence-electron chi connectivity index (χ2n) is 7.02. The van der Waals surface area contributed by atoms with Crippen molar-refractivity contribution in [3.8, 4) is 6.07 Å². The Labute approximate surface area is 151 Å². The zero-order chi connectivity index (χ0) is 18.4. The molecular weight excluding hydrogens is 310 g/mol. The van der Waals surface area contributed by atoms with E-state index in [1.807, 2.05) is 19.1 Å². The second kappa shape index (κ2) is 8.71. The number of piperidine rings is 1. The van der Waals surface area contributed by atoms with Gasteiger partial charge in [-0.2, -0.15) is 5.26 Å². The molecule has 0 saturated carbocycles. The molecule has 1 amide bonds. The highest BCUT2D eigenvalue weighted by Gasteiger charge is 2.24. The molecule has 1 aromatic carbocycles. The normalized spacial score (nSPS) is 22.2. The number of rotatable bonds is 5. The largest absolute Gasteiger partial charge is 0.371 e. The topological polar surface area (TPSA) is 56.1 Å². The maximum absolute atomic E-state index is 12.5. The van der Waals surface area contributed by atoms with Gasteiger partial charge in [0, 0.05) is 18.3 Å². The van der Waals surface area contributed by atoms with Gasteiger partial charge in [0.05, 0.1) is 6.04 Å². The minimum Gasteiger partial charge on any atom is -0.371 e. The Morgan fingerprint density at radius 1 is 1.32 bits per heavy atom. The fraction of sp³-hybridized carbons (Fsp3) is 0.524. The Kier molecular flexibility index (Phi) is 6.64. The first-order chi connectivity index (χ1) is 12.0. The monoisotopic (exact) mass is 339 g/mol. The van der Waals surface area contributed by atoms with Crippen LogP contribution in [-0.4, -0.2) is 22.9 Å². The van der Waals surface area contributed by atoms with Crippen LogP contribution >= 0.6 is 0 Å². The Morgan fingerprint density at radius 2 is 1.92 bits per heavy atom. The molecule has 1 N–H and O–H groups in total. The molecule has 0 spiro atoms. The molecule has 1 saturated heterocycles. The van der Waals surface area contributed by atoms with E-state index in [0.717, 1.165) is 24.8 Å². The molecule has 1 heterocycles. The van der Waals surface area contributed by atoms with Crippen LogP contribution in [0.4, 0.5) is 0 Å². The van der Waals surface area contributed by atoms with Gasteiger partial charge in [-0.05, 0) is 57.6 Å². The Hall–Kier alpha value is -2.28. The third-order valence-corrected chi connectivity index (χ3v) is 5.14. The van der Waals surface area contributed by atoms with Crippen LogP contribution in [0, 0.1) is 11.3 Å². The molecule has 25 heavy (non-hydrogen) atoms. The molecule has 1 fully saturated rings. The van der Waals surface area contributed by atoms with Crippen LogP contribution in [0.25, 0.3) is 0 Å². The zero-order valence-corrected chi connectivity index (χ0v) is 15.7. The van der Waals surface area contributed by atoms with E-state index in [-0.39, 0.29) is 17.5 Å². The fourth-order valence-electron chi connectivity index (χ4n) is 3.38. The first-order valence-corrected chi connectivity index (χ1v) is 9.25. The second-order valence-corrected chi connectivity index (χ2v) is 7.02. The van der Waals surface area contributed by atoms with Gasteiger partial charge in [0.25, 0.3) is 5.91 Å². The third kappa shape index (κ3) is 4.85. The van der Waals surface area contributed by atoms with Gasteiger partial charge in [-0.1, -0.05) is 31.2 Å². The Morgan fingerprint density at radius 3 is 2.44 bits per heavy atom. The highest BCUT2D eigenvalue weighted by atomic mass is 16.1. The smallest absolute Gasteiger partial charge is 0.263 e. The van der Waals surface area contributed by atoms with Crippen molar-refractivity contribution in [2.45, 2.75) is 71.5 Å².